The maximum absolute atomic E-state index is 6.34. The second-order valence-corrected chi connectivity index (χ2v) is 6.07. The van der Waals surface area contributed by atoms with Gasteiger partial charge < -0.3 is 5.73 Å². The normalized spacial score (nSPS) is 16.6. The number of hydrogen-bond acceptors (Lipinski definition) is 4. The minimum atomic E-state index is -0.130. The van der Waals surface area contributed by atoms with Gasteiger partial charge in [-0.2, -0.15) is 5.10 Å². The number of rotatable bonds is 2. The van der Waals surface area contributed by atoms with Crippen molar-refractivity contribution < 1.29 is 0 Å². The van der Waals surface area contributed by atoms with Crippen LogP contribution in [0.1, 0.15) is 45.7 Å². The van der Waals surface area contributed by atoms with Crippen LogP contribution in [0.3, 0.4) is 0 Å². The molecule has 0 saturated carbocycles. The van der Waals surface area contributed by atoms with Crippen molar-refractivity contribution in [2.75, 3.05) is 0 Å². The SMILES string of the molecule is Cc1nn(C)cc1C(N)c1nc2c(s1)CCCC2. The van der Waals surface area contributed by atoms with Gasteiger partial charge in [0.05, 0.1) is 17.4 Å². The molecule has 0 fully saturated rings. The first-order valence-electron chi connectivity index (χ1n) is 6.39. The summed E-state index contributed by atoms with van der Waals surface area (Å²) < 4.78 is 1.82. The van der Waals surface area contributed by atoms with Crippen LogP contribution < -0.4 is 5.73 Å². The van der Waals surface area contributed by atoms with Crippen LogP contribution in [0.5, 0.6) is 0 Å². The zero-order valence-corrected chi connectivity index (χ0v) is 11.6. The highest BCUT2D eigenvalue weighted by atomic mass is 32.1. The van der Waals surface area contributed by atoms with Gasteiger partial charge in [-0.25, -0.2) is 4.98 Å². The zero-order valence-electron chi connectivity index (χ0n) is 10.8. The van der Waals surface area contributed by atoms with Gasteiger partial charge in [0, 0.05) is 23.7 Å². The largest absolute Gasteiger partial charge is 0.318 e. The Hall–Kier alpha value is -1.20. The summed E-state index contributed by atoms with van der Waals surface area (Å²) in [5.74, 6) is 0. The van der Waals surface area contributed by atoms with Crippen molar-refractivity contribution in [1.82, 2.24) is 14.8 Å². The third kappa shape index (κ3) is 1.97. The highest BCUT2D eigenvalue weighted by Gasteiger charge is 2.21. The molecule has 2 aromatic heterocycles. The van der Waals surface area contributed by atoms with Crippen LogP contribution in [0.25, 0.3) is 0 Å². The summed E-state index contributed by atoms with van der Waals surface area (Å²) in [6.45, 7) is 2.00. The summed E-state index contributed by atoms with van der Waals surface area (Å²) in [4.78, 5) is 6.17. The molecule has 4 nitrogen and oxygen atoms in total. The number of hydrogen-bond donors (Lipinski definition) is 1. The first-order chi connectivity index (χ1) is 8.65. The molecule has 1 aliphatic rings. The average molecular weight is 262 g/mol. The van der Waals surface area contributed by atoms with Gasteiger partial charge in [0.1, 0.15) is 5.01 Å². The van der Waals surface area contributed by atoms with Crippen LogP contribution in [0.4, 0.5) is 0 Å². The van der Waals surface area contributed by atoms with E-state index >= 15 is 0 Å². The van der Waals surface area contributed by atoms with E-state index in [9.17, 15) is 0 Å². The fourth-order valence-corrected chi connectivity index (χ4v) is 3.74. The predicted octanol–water partition coefficient (Wildman–Crippen LogP) is 2.11. The monoisotopic (exact) mass is 262 g/mol. The maximum atomic E-state index is 6.34. The van der Waals surface area contributed by atoms with E-state index in [4.69, 9.17) is 10.7 Å². The Morgan fingerprint density at radius 2 is 2.17 bits per heavy atom. The maximum Gasteiger partial charge on any atom is 0.115 e. The Balaban J connectivity index is 1.94. The number of nitrogens with zero attached hydrogens (tertiary/aromatic N) is 3. The van der Waals surface area contributed by atoms with Gasteiger partial charge in [0.2, 0.25) is 0 Å². The molecule has 0 aromatic carbocycles. The first-order valence-corrected chi connectivity index (χ1v) is 7.21. The average Bonchev–Trinajstić information content (AvgIpc) is 2.91. The highest BCUT2D eigenvalue weighted by Crippen LogP contribution is 2.32. The standard InChI is InChI=1S/C13H18N4S/c1-8-9(7-17(2)16-8)12(14)13-15-10-5-3-4-6-11(10)18-13/h7,12H,3-6,14H2,1-2H3. The molecule has 0 bridgehead atoms. The molecule has 1 unspecified atom stereocenters. The fraction of sp³-hybridized carbons (Fsp3) is 0.538. The Morgan fingerprint density at radius 1 is 1.39 bits per heavy atom. The first kappa shape index (κ1) is 11.9. The molecule has 0 spiro atoms. The molecule has 0 aliphatic heterocycles. The molecule has 5 heteroatoms. The third-order valence-electron chi connectivity index (χ3n) is 3.51. The van der Waals surface area contributed by atoms with Crippen molar-refractivity contribution in [2.24, 2.45) is 12.8 Å². The summed E-state index contributed by atoms with van der Waals surface area (Å²) in [5, 5.41) is 5.39. The van der Waals surface area contributed by atoms with Gasteiger partial charge in [-0.3, -0.25) is 4.68 Å². The Morgan fingerprint density at radius 3 is 2.83 bits per heavy atom. The van der Waals surface area contributed by atoms with E-state index < -0.39 is 0 Å². The van der Waals surface area contributed by atoms with E-state index in [1.54, 1.807) is 11.3 Å². The second kappa shape index (κ2) is 4.48. The van der Waals surface area contributed by atoms with Crippen molar-refractivity contribution in [3.63, 3.8) is 0 Å². The molecule has 2 N–H and O–H groups in total. The number of nitrogens with two attached hydrogens (primary N) is 1. The minimum absolute atomic E-state index is 0.130. The summed E-state index contributed by atoms with van der Waals surface area (Å²) in [5.41, 5.74) is 9.70. The van der Waals surface area contributed by atoms with E-state index in [0.29, 0.717) is 0 Å². The van der Waals surface area contributed by atoms with Crippen molar-refractivity contribution in [1.29, 1.82) is 0 Å². The minimum Gasteiger partial charge on any atom is -0.318 e. The lowest BCUT2D eigenvalue weighted by atomic mass is 10.0. The van der Waals surface area contributed by atoms with Crippen LogP contribution in [0.15, 0.2) is 6.20 Å². The smallest absolute Gasteiger partial charge is 0.115 e. The van der Waals surface area contributed by atoms with Gasteiger partial charge in [-0.1, -0.05) is 0 Å². The number of fused-ring (bicyclic) bond motifs is 1. The fourth-order valence-electron chi connectivity index (χ4n) is 2.56. The van der Waals surface area contributed by atoms with Gasteiger partial charge in [-0.15, -0.1) is 11.3 Å². The van der Waals surface area contributed by atoms with Crippen LogP contribution in [-0.2, 0) is 19.9 Å². The van der Waals surface area contributed by atoms with E-state index in [1.807, 2.05) is 24.9 Å². The highest BCUT2D eigenvalue weighted by molar-refractivity contribution is 7.11. The molecular formula is C13H18N4S. The summed E-state index contributed by atoms with van der Waals surface area (Å²) >= 11 is 1.78. The lowest BCUT2D eigenvalue weighted by Crippen LogP contribution is -2.12. The molecule has 2 aromatic rings. The summed E-state index contributed by atoms with van der Waals surface area (Å²) in [6, 6.07) is -0.130. The van der Waals surface area contributed by atoms with Crippen LogP contribution >= 0.6 is 11.3 Å². The van der Waals surface area contributed by atoms with E-state index in [1.165, 1.54) is 29.8 Å². The lowest BCUT2D eigenvalue weighted by Gasteiger charge is -2.07. The molecule has 2 heterocycles. The molecule has 1 atom stereocenters. The molecule has 0 radical (unpaired) electrons. The predicted molar refractivity (Wildman–Crippen MR) is 72.7 cm³/mol. The summed E-state index contributed by atoms with van der Waals surface area (Å²) in [7, 11) is 1.93. The Labute approximate surface area is 111 Å². The topological polar surface area (TPSA) is 56.7 Å². The van der Waals surface area contributed by atoms with Crippen molar-refractivity contribution >= 4 is 11.3 Å². The molecule has 18 heavy (non-hydrogen) atoms. The lowest BCUT2D eigenvalue weighted by molar-refractivity contribution is 0.678. The number of aryl methyl sites for hydroxylation is 4. The van der Waals surface area contributed by atoms with E-state index in [0.717, 1.165) is 22.7 Å². The molecule has 0 saturated heterocycles. The van der Waals surface area contributed by atoms with Crippen LogP contribution in [-0.4, -0.2) is 14.8 Å². The van der Waals surface area contributed by atoms with E-state index in [-0.39, 0.29) is 6.04 Å². The zero-order chi connectivity index (χ0) is 12.7. The van der Waals surface area contributed by atoms with Crippen molar-refractivity contribution in [3.05, 3.63) is 33.0 Å². The van der Waals surface area contributed by atoms with Crippen LogP contribution in [0, 0.1) is 6.92 Å². The molecule has 0 amide bonds. The molecular weight excluding hydrogens is 244 g/mol. The third-order valence-corrected chi connectivity index (χ3v) is 4.76. The van der Waals surface area contributed by atoms with Crippen molar-refractivity contribution in [2.45, 2.75) is 38.6 Å². The van der Waals surface area contributed by atoms with Gasteiger partial charge in [0.15, 0.2) is 0 Å². The van der Waals surface area contributed by atoms with E-state index in [2.05, 4.69) is 5.10 Å². The van der Waals surface area contributed by atoms with Crippen molar-refractivity contribution in [3.8, 4) is 0 Å². The molecule has 96 valence electrons. The molecule has 1 aliphatic carbocycles. The van der Waals surface area contributed by atoms with Crippen LogP contribution in [0.2, 0.25) is 0 Å². The van der Waals surface area contributed by atoms with Gasteiger partial charge in [-0.05, 0) is 32.6 Å². The quantitative estimate of drug-likeness (QED) is 0.902. The summed E-state index contributed by atoms with van der Waals surface area (Å²) in [6.07, 6.45) is 6.84. The number of thiazole rings is 1. The van der Waals surface area contributed by atoms with Gasteiger partial charge in [0.25, 0.3) is 0 Å². The second-order valence-electron chi connectivity index (χ2n) is 4.95. The molecule has 3 rings (SSSR count). The number of aromatic nitrogens is 3. The van der Waals surface area contributed by atoms with Gasteiger partial charge >= 0.3 is 0 Å². The Bertz CT molecular complexity index is 546. The Kier molecular flexibility index (Phi) is 2.95.